The van der Waals surface area contributed by atoms with Gasteiger partial charge in [-0.25, -0.2) is 0 Å². The summed E-state index contributed by atoms with van der Waals surface area (Å²) in [5, 5.41) is 0.221. The Bertz CT molecular complexity index is 566. The second-order valence-corrected chi connectivity index (χ2v) is 5.46. The number of rotatable bonds is 1. The summed E-state index contributed by atoms with van der Waals surface area (Å²) in [7, 11) is 0. The molecule has 0 fully saturated rings. The van der Waals surface area contributed by atoms with Crippen LogP contribution in [0.1, 0.15) is 10.8 Å². The van der Waals surface area contributed by atoms with E-state index in [1.165, 1.54) is 10.5 Å². The van der Waals surface area contributed by atoms with Gasteiger partial charge in [-0.15, -0.1) is 11.8 Å². The number of benzene rings is 2. The second-order valence-electron chi connectivity index (χ2n) is 4.27. The first-order valence-electron chi connectivity index (χ1n) is 5.95. The number of thioether (sulfide) groups is 1. The van der Waals surface area contributed by atoms with Gasteiger partial charge in [0.05, 0.1) is 17.0 Å². The van der Waals surface area contributed by atoms with Crippen LogP contribution in [0.15, 0.2) is 64.5 Å². The first-order valence-corrected chi connectivity index (χ1v) is 6.83. The number of aliphatic imine (C=N–C) groups is 1. The summed E-state index contributed by atoms with van der Waals surface area (Å²) in [5.41, 5.74) is 8.48. The molecule has 0 aromatic heterocycles. The molecule has 3 heteroatoms. The van der Waals surface area contributed by atoms with Gasteiger partial charge in [0.25, 0.3) is 0 Å². The summed E-state index contributed by atoms with van der Waals surface area (Å²) in [5.74, 6) is 0. The van der Waals surface area contributed by atoms with Crippen molar-refractivity contribution in [3.05, 3.63) is 60.2 Å². The van der Waals surface area contributed by atoms with E-state index in [4.69, 9.17) is 5.73 Å². The van der Waals surface area contributed by atoms with Crippen molar-refractivity contribution in [2.75, 3.05) is 0 Å². The molecule has 2 unspecified atom stereocenters. The zero-order chi connectivity index (χ0) is 12.4. The molecule has 18 heavy (non-hydrogen) atoms. The molecule has 2 aromatic rings. The van der Waals surface area contributed by atoms with Crippen LogP contribution in [0.3, 0.4) is 0 Å². The average molecular weight is 254 g/mol. The van der Waals surface area contributed by atoms with Gasteiger partial charge in [-0.05, 0) is 17.7 Å². The molecule has 1 aliphatic heterocycles. The average Bonchev–Trinajstić information content (AvgIpc) is 2.60. The molecule has 0 amide bonds. The summed E-state index contributed by atoms with van der Waals surface area (Å²) in [6.45, 7) is 0. The maximum atomic E-state index is 6.22. The fourth-order valence-electron chi connectivity index (χ4n) is 2.06. The van der Waals surface area contributed by atoms with Gasteiger partial charge in [0.1, 0.15) is 0 Å². The Hall–Kier alpha value is -1.58. The van der Waals surface area contributed by atoms with Gasteiger partial charge in [0.2, 0.25) is 0 Å². The Balaban J connectivity index is 2.01. The minimum Gasteiger partial charge on any atom is -0.322 e. The lowest BCUT2D eigenvalue weighted by molar-refractivity contribution is 0.845. The number of fused-ring (bicyclic) bond motifs is 1. The van der Waals surface area contributed by atoms with Gasteiger partial charge in [-0.1, -0.05) is 42.5 Å². The molecule has 2 aromatic carbocycles. The van der Waals surface area contributed by atoms with Crippen LogP contribution in [-0.4, -0.2) is 12.3 Å². The highest BCUT2D eigenvalue weighted by Crippen LogP contribution is 2.42. The quantitative estimate of drug-likeness (QED) is 0.845. The zero-order valence-electron chi connectivity index (χ0n) is 9.86. The maximum Gasteiger partial charge on any atom is 0.0762 e. The van der Waals surface area contributed by atoms with Gasteiger partial charge >= 0.3 is 0 Å². The van der Waals surface area contributed by atoms with E-state index in [0.717, 1.165) is 5.69 Å². The van der Waals surface area contributed by atoms with Crippen molar-refractivity contribution < 1.29 is 0 Å². The maximum absolute atomic E-state index is 6.22. The van der Waals surface area contributed by atoms with Crippen LogP contribution < -0.4 is 5.73 Å². The van der Waals surface area contributed by atoms with E-state index in [0.29, 0.717) is 0 Å². The lowest BCUT2D eigenvalue weighted by atomic mass is 10.1. The SMILES string of the molecule is NC1C=Nc2ccccc2SC1c1ccccc1. The molecule has 0 radical (unpaired) electrons. The van der Waals surface area contributed by atoms with Crippen molar-refractivity contribution in [3.8, 4) is 0 Å². The molecule has 2 atom stereocenters. The Morgan fingerprint density at radius 1 is 0.944 bits per heavy atom. The summed E-state index contributed by atoms with van der Waals surface area (Å²) >= 11 is 1.79. The topological polar surface area (TPSA) is 38.4 Å². The van der Waals surface area contributed by atoms with Crippen LogP contribution in [0.4, 0.5) is 5.69 Å². The van der Waals surface area contributed by atoms with Crippen LogP contribution in [0.25, 0.3) is 0 Å². The van der Waals surface area contributed by atoms with E-state index in [2.05, 4.69) is 35.3 Å². The van der Waals surface area contributed by atoms with Crippen molar-refractivity contribution in [3.63, 3.8) is 0 Å². The van der Waals surface area contributed by atoms with E-state index in [9.17, 15) is 0 Å². The Morgan fingerprint density at radius 3 is 2.50 bits per heavy atom. The molecular weight excluding hydrogens is 240 g/mol. The van der Waals surface area contributed by atoms with Gasteiger partial charge in [-0.3, -0.25) is 4.99 Å². The largest absolute Gasteiger partial charge is 0.322 e. The van der Waals surface area contributed by atoms with Crippen LogP contribution in [0, 0.1) is 0 Å². The molecule has 0 bridgehead atoms. The Labute approximate surface area is 111 Å². The van der Waals surface area contributed by atoms with Gasteiger partial charge in [0.15, 0.2) is 0 Å². The van der Waals surface area contributed by atoms with Crippen LogP contribution in [0.2, 0.25) is 0 Å². The third-order valence-corrected chi connectivity index (χ3v) is 4.42. The monoisotopic (exact) mass is 254 g/mol. The molecule has 0 spiro atoms. The molecule has 1 aliphatic rings. The fourth-order valence-corrected chi connectivity index (χ4v) is 3.25. The molecule has 0 saturated carbocycles. The third kappa shape index (κ3) is 2.19. The molecule has 1 heterocycles. The third-order valence-electron chi connectivity index (χ3n) is 2.98. The normalized spacial score (nSPS) is 22.3. The highest BCUT2D eigenvalue weighted by atomic mass is 32.2. The summed E-state index contributed by atoms with van der Waals surface area (Å²) in [4.78, 5) is 5.66. The van der Waals surface area contributed by atoms with E-state index >= 15 is 0 Å². The summed E-state index contributed by atoms with van der Waals surface area (Å²) in [6.07, 6.45) is 1.86. The number of nitrogens with two attached hydrogens (primary N) is 1. The number of nitrogens with zero attached hydrogens (tertiary/aromatic N) is 1. The van der Waals surface area contributed by atoms with Crippen LogP contribution in [-0.2, 0) is 0 Å². The van der Waals surface area contributed by atoms with Gasteiger partial charge in [0, 0.05) is 11.1 Å². The molecule has 2 N–H and O–H groups in total. The molecule has 0 aliphatic carbocycles. The smallest absolute Gasteiger partial charge is 0.0762 e. The van der Waals surface area contributed by atoms with Crippen molar-refractivity contribution >= 4 is 23.7 Å². The van der Waals surface area contributed by atoms with Crippen LogP contribution >= 0.6 is 11.8 Å². The first kappa shape index (κ1) is 11.5. The van der Waals surface area contributed by atoms with Crippen LogP contribution in [0.5, 0.6) is 0 Å². The van der Waals surface area contributed by atoms with E-state index in [1.54, 1.807) is 11.8 Å². The lowest BCUT2D eigenvalue weighted by Crippen LogP contribution is -2.27. The van der Waals surface area contributed by atoms with E-state index in [1.807, 2.05) is 30.5 Å². The zero-order valence-corrected chi connectivity index (χ0v) is 10.7. The predicted molar refractivity (Wildman–Crippen MR) is 77.6 cm³/mol. The first-order chi connectivity index (χ1) is 8.84. The second kappa shape index (κ2) is 4.96. The van der Waals surface area contributed by atoms with Crippen molar-refractivity contribution in [1.29, 1.82) is 0 Å². The lowest BCUT2D eigenvalue weighted by Gasteiger charge is -2.19. The van der Waals surface area contributed by atoms with Gasteiger partial charge < -0.3 is 5.73 Å². The number of hydrogen-bond acceptors (Lipinski definition) is 3. The molecule has 2 nitrogen and oxygen atoms in total. The van der Waals surface area contributed by atoms with Crippen molar-refractivity contribution in [2.24, 2.45) is 10.7 Å². The number of hydrogen-bond donors (Lipinski definition) is 1. The molecular formula is C15H14N2S. The molecule has 90 valence electrons. The van der Waals surface area contributed by atoms with Gasteiger partial charge in [-0.2, -0.15) is 0 Å². The highest BCUT2D eigenvalue weighted by Gasteiger charge is 2.23. The van der Waals surface area contributed by atoms with Crippen molar-refractivity contribution in [1.82, 2.24) is 0 Å². The Kier molecular flexibility index (Phi) is 3.17. The molecule has 3 rings (SSSR count). The summed E-state index contributed by atoms with van der Waals surface area (Å²) < 4.78 is 0. The Morgan fingerprint density at radius 2 is 1.67 bits per heavy atom. The highest BCUT2D eigenvalue weighted by molar-refractivity contribution is 7.99. The summed E-state index contributed by atoms with van der Waals surface area (Å²) in [6, 6.07) is 18.5. The standard InChI is InChI=1S/C15H14N2S/c16-12-10-17-13-8-4-5-9-14(13)18-15(12)11-6-2-1-3-7-11/h1-10,12,15H,16H2. The predicted octanol–water partition coefficient (Wildman–Crippen LogP) is 3.56. The fraction of sp³-hybridized carbons (Fsp3) is 0.133. The molecule has 0 saturated heterocycles. The van der Waals surface area contributed by atoms with E-state index in [-0.39, 0.29) is 11.3 Å². The van der Waals surface area contributed by atoms with E-state index < -0.39 is 0 Å². The van der Waals surface area contributed by atoms with Crippen molar-refractivity contribution in [2.45, 2.75) is 16.2 Å². The minimum atomic E-state index is -0.0650. The minimum absolute atomic E-state index is 0.0650. The number of para-hydroxylation sites is 1.